The second-order valence-corrected chi connectivity index (χ2v) is 5.60. The summed E-state index contributed by atoms with van der Waals surface area (Å²) in [5.74, 6) is 0.128. The Morgan fingerprint density at radius 1 is 1.00 bits per heavy atom. The zero-order chi connectivity index (χ0) is 17.4. The Morgan fingerprint density at radius 3 is 2.38 bits per heavy atom. The van der Waals surface area contributed by atoms with E-state index < -0.39 is 11.8 Å². The highest BCUT2D eigenvalue weighted by Crippen LogP contribution is 2.26. The molecule has 0 fully saturated rings. The van der Waals surface area contributed by atoms with Gasteiger partial charge in [-0.15, -0.1) is 0 Å². The van der Waals surface area contributed by atoms with Crippen molar-refractivity contribution in [3.05, 3.63) is 58.6 Å². The standard InChI is InChI=1S/C17H17BrN2O4/c1-2-23-14-8-3-4-9-15(14)24-11-16(21)19-20-17(22)12-6-5-7-13(18)10-12/h3-10H,2,11H2,1H3,(H,19,21)(H,20,22). The lowest BCUT2D eigenvalue weighted by Crippen LogP contribution is -2.43. The summed E-state index contributed by atoms with van der Waals surface area (Å²) in [7, 11) is 0. The van der Waals surface area contributed by atoms with Crippen molar-refractivity contribution in [2.24, 2.45) is 0 Å². The second kappa shape index (κ2) is 8.93. The van der Waals surface area contributed by atoms with Gasteiger partial charge in [0, 0.05) is 10.0 Å². The van der Waals surface area contributed by atoms with E-state index >= 15 is 0 Å². The van der Waals surface area contributed by atoms with Crippen LogP contribution in [0.25, 0.3) is 0 Å². The van der Waals surface area contributed by atoms with Gasteiger partial charge in [0.15, 0.2) is 18.1 Å². The fourth-order valence-electron chi connectivity index (χ4n) is 1.85. The molecule has 0 aliphatic rings. The molecule has 0 bridgehead atoms. The Hall–Kier alpha value is -2.54. The quantitative estimate of drug-likeness (QED) is 0.740. The van der Waals surface area contributed by atoms with Crippen LogP contribution in [0.2, 0.25) is 0 Å². The molecule has 0 aliphatic heterocycles. The van der Waals surface area contributed by atoms with Crippen molar-refractivity contribution < 1.29 is 19.1 Å². The first-order valence-electron chi connectivity index (χ1n) is 7.29. The van der Waals surface area contributed by atoms with Crippen LogP contribution < -0.4 is 20.3 Å². The average Bonchev–Trinajstić information content (AvgIpc) is 2.59. The summed E-state index contributed by atoms with van der Waals surface area (Å²) in [6.07, 6.45) is 0. The summed E-state index contributed by atoms with van der Waals surface area (Å²) in [5, 5.41) is 0. The first-order valence-corrected chi connectivity index (χ1v) is 8.09. The molecule has 0 atom stereocenters. The molecule has 2 aromatic rings. The summed E-state index contributed by atoms with van der Waals surface area (Å²) >= 11 is 3.28. The van der Waals surface area contributed by atoms with Gasteiger partial charge < -0.3 is 9.47 Å². The van der Waals surface area contributed by atoms with Gasteiger partial charge in [0.2, 0.25) is 0 Å². The van der Waals surface area contributed by atoms with Crippen LogP contribution in [0.4, 0.5) is 0 Å². The van der Waals surface area contributed by atoms with E-state index in [1.54, 1.807) is 42.5 Å². The van der Waals surface area contributed by atoms with Crippen molar-refractivity contribution in [3.63, 3.8) is 0 Å². The van der Waals surface area contributed by atoms with E-state index in [9.17, 15) is 9.59 Å². The third-order valence-corrected chi connectivity index (χ3v) is 3.40. The minimum absolute atomic E-state index is 0.247. The van der Waals surface area contributed by atoms with Gasteiger partial charge in [-0.2, -0.15) is 0 Å². The van der Waals surface area contributed by atoms with Crippen molar-refractivity contribution in [2.45, 2.75) is 6.92 Å². The number of rotatable bonds is 6. The van der Waals surface area contributed by atoms with E-state index in [2.05, 4.69) is 26.8 Å². The number of amides is 2. The summed E-state index contributed by atoms with van der Waals surface area (Å²) < 4.78 is 11.6. The summed E-state index contributed by atoms with van der Waals surface area (Å²) in [6, 6.07) is 13.9. The van der Waals surface area contributed by atoms with Crippen molar-refractivity contribution in [2.75, 3.05) is 13.2 Å². The number of carbonyl (C=O) groups excluding carboxylic acids is 2. The van der Waals surface area contributed by atoms with Crippen LogP contribution in [-0.2, 0) is 4.79 Å². The molecule has 0 aromatic heterocycles. The van der Waals surface area contributed by atoms with Crippen LogP contribution in [0.3, 0.4) is 0 Å². The average molecular weight is 393 g/mol. The Bertz CT molecular complexity index is 721. The Balaban J connectivity index is 1.83. The van der Waals surface area contributed by atoms with Gasteiger partial charge in [0.05, 0.1) is 6.61 Å². The van der Waals surface area contributed by atoms with Crippen molar-refractivity contribution in [1.82, 2.24) is 10.9 Å². The van der Waals surface area contributed by atoms with Gasteiger partial charge in [-0.1, -0.05) is 34.1 Å². The molecule has 2 amide bonds. The molecule has 0 unspecified atom stereocenters. The third kappa shape index (κ3) is 5.27. The Morgan fingerprint density at radius 2 is 1.71 bits per heavy atom. The molecule has 2 rings (SSSR count). The van der Waals surface area contributed by atoms with E-state index in [0.717, 1.165) is 4.47 Å². The largest absolute Gasteiger partial charge is 0.490 e. The maximum absolute atomic E-state index is 11.9. The number of hydrogen-bond donors (Lipinski definition) is 2. The smallest absolute Gasteiger partial charge is 0.276 e. The van der Waals surface area contributed by atoms with Gasteiger partial charge in [-0.25, -0.2) is 0 Å². The maximum Gasteiger partial charge on any atom is 0.276 e. The molecule has 0 saturated heterocycles. The van der Waals surface area contributed by atoms with Crippen molar-refractivity contribution in [1.29, 1.82) is 0 Å². The number of hydrogen-bond acceptors (Lipinski definition) is 4. The fraction of sp³-hybridized carbons (Fsp3) is 0.176. The van der Waals surface area contributed by atoms with Crippen molar-refractivity contribution >= 4 is 27.7 Å². The predicted octanol–water partition coefficient (Wildman–Crippen LogP) is 2.69. The number of nitrogens with one attached hydrogen (secondary N) is 2. The Labute approximate surface area is 148 Å². The molecule has 0 radical (unpaired) electrons. The van der Waals surface area contributed by atoms with Gasteiger partial charge >= 0.3 is 0 Å². The molecule has 6 nitrogen and oxygen atoms in total. The van der Waals surface area contributed by atoms with Gasteiger partial charge in [0.1, 0.15) is 0 Å². The molecular formula is C17H17BrN2O4. The highest BCUT2D eigenvalue weighted by molar-refractivity contribution is 9.10. The molecule has 2 N–H and O–H groups in total. The lowest BCUT2D eigenvalue weighted by Gasteiger charge is -2.12. The van der Waals surface area contributed by atoms with Gasteiger partial charge in [-0.05, 0) is 37.3 Å². The van der Waals surface area contributed by atoms with Gasteiger partial charge in [-0.3, -0.25) is 20.4 Å². The number of hydrazine groups is 1. The number of para-hydroxylation sites is 2. The minimum Gasteiger partial charge on any atom is -0.490 e. The first kappa shape index (κ1) is 17.8. The molecule has 0 aliphatic carbocycles. The van der Waals surface area contributed by atoms with E-state index in [4.69, 9.17) is 9.47 Å². The lowest BCUT2D eigenvalue weighted by molar-refractivity contribution is -0.123. The monoisotopic (exact) mass is 392 g/mol. The summed E-state index contributed by atoms with van der Waals surface area (Å²) in [4.78, 5) is 23.7. The fourth-order valence-corrected chi connectivity index (χ4v) is 2.25. The Kier molecular flexibility index (Phi) is 6.62. The van der Waals surface area contributed by atoms with Crippen LogP contribution in [0.5, 0.6) is 11.5 Å². The van der Waals surface area contributed by atoms with Crippen LogP contribution in [0, 0.1) is 0 Å². The molecular weight excluding hydrogens is 376 g/mol. The molecule has 0 saturated carbocycles. The molecule has 0 spiro atoms. The minimum atomic E-state index is -0.482. The van der Waals surface area contributed by atoms with Crippen LogP contribution in [0.15, 0.2) is 53.0 Å². The van der Waals surface area contributed by atoms with Crippen molar-refractivity contribution in [3.8, 4) is 11.5 Å². The number of ether oxygens (including phenoxy) is 2. The normalized spacial score (nSPS) is 9.92. The molecule has 2 aromatic carbocycles. The van der Waals surface area contributed by atoms with E-state index in [0.29, 0.717) is 23.7 Å². The van der Waals surface area contributed by atoms with E-state index in [1.165, 1.54) is 0 Å². The summed E-state index contributed by atoms with van der Waals surface area (Å²) in [6.45, 7) is 2.11. The van der Waals surface area contributed by atoms with Crippen LogP contribution in [-0.4, -0.2) is 25.0 Å². The predicted molar refractivity (Wildman–Crippen MR) is 92.9 cm³/mol. The van der Waals surface area contributed by atoms with E-state index in [-0.39, 0.29) is 6.61 Å². The molecule has 126 valence electrons. The number of halogens is 1. The zero-order valence-electron chi connectivity index (χ0n) is 13.0. The van der Waals surface area contributed by atoms with E-state index in [1.807, 2.05) is 13.0 Å². The first-order chi connectivity index (χ1) is 11.6. The highest BCUT2D eigenvalue weighted by Gasteiger charge is 2.10. The highest BCUT2D eigenvalue weighted by atomic mass is 79.9. The third-order valence-electron chi connectivity index (χ3n) is 2.91. The number of benzene rings is 2. The lowest BCUT2D eigenvalue weighted by atomic mass is 10.2. The van der Waals surface area contributed by atoms with Gasteiger partial charge in [0.25, 0.3) is 11.8 Å². The van der Waals surface area contributed by atoms with Crippen LogP contribution >= 0.6 is 15.9 Å². The summed E-state index contributed by atoms with van der Waals surface area (Å²) in [5.41, 5.74) is 5.06. The molecule has 0 heterocycles. The second-order valence-electron chi connectivity index (χ2n) is 4.68. The topological polar surface area (TPSA) is 76.7 Å². The molecule has 24 heavy (non-hydrogen) atoms. The van der Waals surface area contributed by atoms with Crippen LogP contribution in [0.1, 0.15) is 17.3 Å². The SMILES string of the molecule is CCOc1ccccc1OCC(=O)NNC(=O)c1cccc(Br)c1. The maximum atomic E-state index is 11.9. The number of carbonyl (C=O) groups is 2. The zero-order valence-corrected chi connectivity index (χ0v) is 14.6. The molecule has 7 heteroatoms.